The molecule has 1 aromatic heterocycles. The molecule has 2 atom stereocenters. The van der Waals surface area contributed by atoms with Crippen molar-refractivity contribution >= 4 is 17.2 Å². The quantitative estimate of drug-likeness (QED) is 0.940. The number of ether oxygens (including phenoxy) is 2. The fourth-order valence-corrected chi connectivity index (χ4v) is 2.99. The number of carbonyl (C=O) groups excluding carboxylic acids is 1. The molecule has 116 valence electrons. The molecule has 1 N–H and O–H groups in total. The van der Waals surface area contributed by atoms with Crippen LogP contribution in [0.25, 0.3) is 0 Å². The lowest BCUT2D eigenvalue weighted by Crippen LogP contribution is -2.49. The van der Waals surface area contributed by atoms with Gasteiger partial charge in [0.05, 0.1) is 10.7 Å². The predicted molar refractivity (Wildman–Crippen MR) is 84.5 cm³/mol. The molecule has 1 aliphatic rings. The van der Waals surface area contributed by atoms with Gasteiger partial charge >= 0.3 is 0 Å². The Bertz CT molecular complexity index is 671. The van der Waals surface area contributed by atoms with E-state index >= 15 is 0 Å². The summed E-state index contributed by atoms with van der Waals surface area (Å²) in [7, 11) is 0. The summed E-state index contributed by atoms with van der Waals surface area (Å²) in [5.74, 6) is 1.13. The Kier molecular flexibility index (Phi) is 4.29. The first-order valence-electron chi connectivity index (χ1n) is 7.24. The minimum atomic E-state index is -0.632. The number of amides is 1. The fourth-order valence-electron chi connectivity index (χ4n) is 2.34. The van der Waals surface area contributed by atoms with Gasteiger partial charge in [0, 0.05) is 18.3 Å². The highest BCUT2D eigenvalue weighted by Crippen LogP contribution is 2.33. The van der Waals surface area contributed by atoms with Crippen LogP contribution in [-0.2, 0) is 11.2 Å². The number of para-hydroxylation sites is 2. The fraction of sp³-hybridized carbons (Fsp3) is 0.375. The number of nitrogens with zero attached hydrogens (tertiary/aromatic N) is 1. The molecule has 1 aromatic carbocycles. The van der Waals surface area contributed by atoms with Crippen LogP contribution in [0.15, 0.2) is 29.6 Å². The number of hydrogen-bond donors (Lipinski definition) is 1. The van der Waals surface area contributed by atoms with Crippen LogP contribution in [0.3, 0.4) is 0 Å². The summed E-state index contributed by atoms with van der Waals surface area (Å²) in [5.41, 5.74) is 1.00. The molecule has 22 heavy (non-hydrogen) atoms. The van der Waals surface area contributed by atoms with E-state index in [1.54, 1.807) is 17.4 Å². The molecule has 1 amide bonds. The number of rotatable bonds is 4. The molecule has 2 heterocycles. The monoisotopic (exact) mass is 318 g/mol. The zero-order chi connectivity index (χ0) is 15.5. The molecule has 0 bridgehead atoms. The van der Waals surface area contributed by atoms with Crippen molar-refractivity contribution in [2.24, 2.45) is 0 Å². The predicted octanol–water partition coefficient (Wildman–Crippen LogP) is 2.34. The maximum atomic E-state index is 12.3. The highest BCUT2D eigenvalue weighted by Gasteiger charge is 2.33. The Morgan fingerprint density at radius 3 is 2.73 bits per heavy atom. The summed E-state index contributed by atoms with van der Waals surface area (Å²) in [4.78, 5) is 16.7. The molecular formula is C16H18N2O3S. The van der Waals surface area contributed by atoms with Gasteiger partial charge in [0.1, 0.15) is 6.10 Å². The first kappa shape index (κ1) is 14.8. The van der Waals surface area contributed by atoms with E-state index in [0.717, 1.165) is 10.7 Å². The number of carbonyl (C=O) groups is 1. The highest BCUT2D eigenvalue weighted by atomic mass is 32.1. The maximum absolute atomic E-state index is 12.3. The Labute approximate surface area is 133 Å². The number of nitrogens with one attached hydrogen (secondary N) is 1. The lowest BCUT2D eigenvalue weighted by atomic mass is 10.1. The molecule has 0 fully saturated rings. The summed E-state index contributed by atoms with van der Waals surface area (Å²) < 4.78 is 11.5. The number of hydrogen-bond acceptors (Lipinski definition) is 5. The number of benzene rings is 1. The van der Waals surface area contributed by atoms with Gasteiger partial charge in [-0.1, -0.05) is 12.1 Å². The van der Waals surface area contributed by atoms with Gasteiger partial charge in [0.15, 0.2) is 11.5 Å². The molecular weight excluding hydrogens is 300 g/mol. The van der Waals surface area contributed by atoms with Gasteiger partial charge in [-0.05, 0) is 26.0 Å². The lowest BCUT2D eigenvalue weighted by Gasteiger charge is -2.30. The Morgan fingerprint density at radius 1 is 1.32 bits per heavy atom. The second kappa shape index (κ2) is 6.36. The SMILES string of the molecule is Cc1nc(CCNC(=O)[C@@H]2Oc3ccccc3O[C@@H]2C)cs1. The average Bonchev–Trinajstić information content (AvgIpc) is 2.92. The van der Waals surface area contributed by atoms with Crippen molar-refractivity contribution in [1.29, 1.82) is 0 Å². The number of aryl methyl sites for hydroxylation is 1. The second-order valence-corrected chi connectivity index (χ2v) is 6.27. The maximum Gasteiger partial charge on any atom is 0.265 e. The Morgan fingerprint density at radius 2 is 2.05 bits per heavy atom. The van der Waals surface area contributed by atoms with Crippen LogP contribution in [0.5, 0.6) is 11.5 Å². The van der Waals surface area contributed by atoms with E-state index in [1.807, 2.05) is 37.4 Å². The van der Waals surface area contributed by atoms with Crippen LogP contribution in [0, 0.1) is 6.92 Å². The van der Waals surface area contributed by atoms with E-state index in [4.69, 9.17) is 9.47 Å². The van der Waals surface area contributed by atoms with Gasteiger partial charge in [-0.25, -0.2) is 4.98 Å². The molecule has 0 saturated heterocycles. The molecule has 0 radical (unpaired) electrons. The second-order valence-electron chi connectivity index (χ2n) is 5.21. The van der Waals surface area contributed by atoms with Crippen LogP contribution in [0.4, 0.5) is 0 Å². The van der Waals surface area contributed by atoms with Crippen LogP contribution >= 0.6 is 11.3 Å². The molecule has 0 aliphatic carbocycles. The number of aromatic nitrogens is 1. The van der Waals surface area contributed by atoms with Gasteiger partial charge in [-0.3, -0.25) is 4.79 Å². The summed E-state index contributed by atoms with van der Waals surface area (Å²) >= 11 is 1.62. The third kappa shape index (κ3) is 3.22. The summed E-state index contributed by atoms with van der Waals surface area (Å²) in [6.45, 7) is 4.35. The van der Waals surface area contributed by atoms with E-state index in [2.05, 4.69) is 10.3 Å². The number of thiazole rings is 1. The van der Waals surface area contributed by atoms with Crippen molar-refractivity contribution in [3.05, 3.63) is 40.3 Å². The standard InChI is InChI=1S/C16H18N2O3S/c1-10-15(21-14-6-4-3-5-13(14)20-10)16(19)17-8-7-12-9-22-11(2)18-12/h3-6,9-10,15H,7-8H2,1-2H3,(H,17,19)/t10-,15-/m1/s1. The third-order valence-corrected chi connectivity index (χ3v) is 4.27. The van der Waals surface area contributed by atoms with E-state index in [1.165, 1.54) is 0 Å². The van der Waals surface area contributed by atoms with Crippen molar-refractivity contribution in [2.75, 3.05) is 6.54 Å². The van der Waals surface area contributed by atoms with E-state index < -0.39 is 6.10 Å². The summed E-state index contributed by atoms with van der Waals surface area (Å²) in [6, 6.07) is 7.38. The van der Waals surface area contributed by atoms with Crippen molar-refractivity contribution in [3.8, 4) is 11.5 Å². The Balaban J connectivity index is 1.56. The molecule has 6 heteroatoms. The smallest absolute Gasteiger partial charge is 0.265 e. The van der Waals surface area contributed by atoms with Crippen molar-refractivity contribution in [2.45, 2.75) is 32.5 Å². The molecule has 0 unspecified atom stereocenters. The molecule has 0 spiro atoms. The van der Waals surface area contributed by atoms with Crippen LogP contribution in [-0.4, -0.2) is 29.6 Å². The van der Waals surface area contributed by atoms with E-state index in [9.17, 15) is 4.79 Å². The lowest BCUT2D eigenvalue weighted by molar-refractivity contribution is -0.133. The molecule has 0 saturated carbocycles. The molecule has 5 nitrogen and oxygen atoms in total. The minimum Gasteiger partial charge on any atom is -0.482 e. The van der Waals surface area contributed by atoms with Crippen LogP contribution < -0.4 is 14.8 Å². The first-order chi connectivity index (χ1) is 10.6. The van der Waals surface area contributed by atoms with E-state index in [-0.39, 0.29) is 12.0 Å². The van der Waals surface area contributed by atoms with Crippen molar-refractivity contribution in [1.82, 2.24) is 10.3 Å². The minimum absolute atomic E-state index is 0.158. The zero-order valence-corrected chi connectivity index (χ0v) is 13.4. The van der Waals surface area contributed by atoms with Gasteiger partial charge in [-0.2, -0.15) is 0 Å². The molecule has 2 aromatic rings. The van der Waals surface area contributed by atoms with Crippen molar-refractivity contribution in [3.63, 3.8) is 0 Å². The first-order valence-corrected chi connectivity index (χ1v) is 8.12. The molecule has 1 aliphatic heterocycles. The van der Waals surface area contributed by atoms with Gasteiger partial charge < -0.3 is 14.8 Å². The summed E-state index contributed by atoms with van der Waals surface area (Å²) in [5, 5.41) is 5.94. The summed E-state index contributed by atoms with van der Waals surface area (Å²) in [6.07, 6.45) is -0.238. The average molecular weight is 318 g/mol. The van der Waals surface area contributed by atoms with Crippen molar-refractivity contribution < 1.29 is 14.3 Å². The van der Waals surface area contributed by atoms with Gasteiger partial charge in [-0.15, -0.1) is 11.3 Å². The topological polar surface area (TPSA) is 60.5 Å². The Hall–Kier alpha value is -2.08. The van der Waals surface area contributed by atoms with Gasteiger partial charge in [0.25, 0.3) is 5.91 Å². The normalized spacial score (nSPS) is 19.7. The number of fused-ring (bicyclic) bond motifs is 1. The van der Waals surface area contributed by atoms with E-state index in [0.29, 0.717) is 24.5 Å². The zero-order valence-electron chi connectivity index (χ0n) is 12.5. The van der Waals surface area contributed by atoms with Crippen LogP contribution in [0.2, 0.25) is 0 Å². The highest BCUT2D eigenvalue weighted by molar-refractivity contribution is 7.09. The van der Waals surface area contributed by atoms with Crippen LogP contribution in [0.1, 0.15) is 17.6 Å². The largest absolute Gasteiger partial charge is 0.482 e. The van der Waals surface area contributed by atoms with Gasteiger partial charge in [0.2, 0.25) is 6.10 Å². The third-order valence-electron chi connectivity index (χ3n) is 3.45. The molecule has 3 rings (SSSR count).